The highest BCUT2D eigenvalue weighted by atomic mass is 16.2. The van der Waals surface area contributed by atoms with E-state index in [1.807, 2.05) is 31.2 Å². The van der Waals surface area contributed by atoms with Crippen LogP contribution in [-0.4, -0.2) is 11.7 Å². The van der Waals surface area contributed by atoms with E-state index in [0.717, 1.165) is 5.56 Å². The summed E-state index contributed by atoms with van der Waals surface area (Å²) in [7, 11) is 0. The van der Waals surface area contributed by atoms with Gasteiger partial charge in [-0.05, 0) is 24.2 Å². The number of amides is 1. The third-order valence-corrected chi connectivity index (χ3v) is 2.17. The van der Waals surface area contributed by atoms with Gasteiger partial charge < -0.3 is 4.85 Å². The molecule has 2 rings (SSSR count). The fourth-order valence-electron chi connectivity index (χ4n) is 1.37. The number of amidine groups is 1. The minimum Gasteiger partial charge on any atom is -0.362 e. The first kappa shape index (κ1) is 9.41. The van der Waals surface area contributed by atoms with E-state index in [9.17, 15) is 4.79 Å². The van der Waals surface area contributed by atoms with E-state index >= 15 is 0 Å². The minimum absolute atomic E-state index is 0.109. The van der Waals surface area contributed by atoms with E-state index in [-0.39, 0.29) is 18.2 Å². The Hall–Kier alpha value is -2.15. The lowest BCUT2D eigenvalue weighted by Gasteiger charge is -2.06. The fraction of sp³-hybridized carbons (Fsp3) is 0.182. The van der Waals surface area contributed by atoms with Crippen molar-refractivity contribution in [2.24, 2.45) is 5.10 Å². The number of carbonyl (C=O) groups excluding carboxylic acids is 1. The molecule has 1 aromatic carbocycles. The molecule has 1 aliphatic heterocycles. The molecule has 1 aromatic rings. The largest absolute Gasteiger partial charge is 0.362 e. The van der Waals surface area contributed by atoms with E-state index in [4.69, 9.17) is 6.57 Å². The zero-order chi connectivity index (χ0) is 10.8. The predicted octanol–water partition coefficient (Wildman–Crippen LogP) is 1.96. The molecule has 4 heteroatoms. The van der Waals surface area contributed by atoms with Gasteiger partial charge in [-0.1, -0.05) is 24.3 Å². The lowest BCUT2D eigenvalue weighted by atomic mass is 10.2. The fourth-order valence-corrected chi connectivity index (χ4v) is 1.37. The highest BCUT2D eigenvalue weighted by Crippen LogP contribution is 2.20. The van der Waals surface area contributed by atoms with E-state index in [1.165, 1.54) is 5.01 Å². The van der Waals surface area contributed by atoms with Crippen LogP contribution in [0.1, 0.15) is 12.0 Å². The molecule has 0 N–H and O–H groups in total. The summed E-state index contributed by atoms with van der Waals surface area (Å²) in [5.41, 5.74) is 1.84. The standard InChI is InChI=1S/C11H9N3O/c1-8-3-5-9(6-4-8)14-11(15)7-10(12-2)13-14/h3-6H,7H2,1H3. The first-order valence-electron chi connectivity index (χ1n) is 4.55. The molecule has 0 aliphatic carbocycles. The maximum Gasteiger partial charge on any atom is 0.280 e. The van der Waals surface area contributed by atoms with Crippen LogP contribution in [0.5, 0.6) is 0 Å². The van der Waals surface area contributed by atoms with E-state index in [2.05, 4.69) is 9.95 Å². The molecule has 0 aromatic heterocycles. The number of aryl methyl sites for hydroxylation is 1. The molecule has 4 nitrogen and oxygen atoms in total. The van der Waals surface area contributed by atoms with Gasteiger partial charge in [0.2, 0.25) is 0 Å². The topological polar surface area (TPSA) is 37.0 Å². The van der Waals surface area contributed by atoms with Crippen molar-refractivity contribution in [2.45, 2.75) is 13.3 Å². The number of benzene rings is 1. The number of carbonyl (C=O) groups is 1. The van der Waals surface area contributed by atoms with E-state index in [1.54, 1.807) is 0 Å². The molecule has 0 radical (unpaired) electrons. The first-order valence-corrected chi connectivity index (χ1v) is 4.55. The lowest BCUT2D eigenvalue weighted by Crippen LogP contribution is -2.19. The maximum absolute atomic E-state index is 11.5. The van der Waals surface area contributed by atoms with Crippen molar-refractivity contribution < 1.29 is 4.79 Å². The molecule has 0 spiro atoms. The van der Waals surface area contributed by atoms with Gasteiger partial charge in [0.15, 0.2) is 0 Å². The lowest BCUT2D eigenvalue weighted by molar-refractivity contribution is -0.116. The summed E-state index contributed by atoms with van der Waals surface area (Å²) in [5.74, 6) is 0.102. The summed E-state index contributed by atoms with van der Waals surface area (Å²) >= 11 is 0. The van der Waals surface area contributed by atoms with Crippen LogP contribution in [0.25, 0.3) is 4.85 Å². The number of hydrazone groups is 1. The number of anilines is 1. The molecule has 0 bridgehead atoms. The summed E-state index contributed by atoms with van der Waals surface area (Å²) < 4.78 is 0. The molecular weight excluding hydrogens is 190 g/mol. The summed E-state index contributed by atoms with van der Waals surface area (Å²) in [4.78, 5) is 14.7. The molecular formula is C11H9N3O. The van der Waals surface area contributed by atoms with Gasteiger partial charge in [-0.2, -0.15) is 0 Å². The van der Waals surface area contributed by atoms with Gasteiger partial charge in [-0.15, -0.1) is 5.01 Å². The van der Waals surface area contributed by atoms with Gasteiger partial charge in [-0.3, -0.25) is 4.79 Å². The molecule has 15 heavy (non-hydrogen) atoms. The number of hydrogen-bond donors (Lipinski definition) is 0. The van der Waals surface area contributed by atoms with E-state index < -0.39 is 0 Å². The van der Waals surface area contributed by atoms with Crippen molar-refractivity contribution in [1.29, 1.82) is 0 Å². The second kappa shape index (κ2) is 3.54. The number of hydrogen-bond acceptors (Lipinski definition) is 2. The van der Waals surface area contributed by atoms with Gasteiger partial charge in [0.25, 0.3) is 11.7 Å². The number of nitrogens with zero attached hydrogens (tertiary/aromatic N) is 3. The second-order valence-corrected chi connectivity index (χ2v) is 3.35. The van der Waals surface area contributed by atoms with Crippen molar-refractivity contribution in [3.63, 3.8) is 0 Å². The smallest absolute Gasteiger partial charge is 0.280 e. The Labute approximate surface area is 87.6 Å². The maximum atomic E-state index is 11.5. The summed E-state index contributed by atoms with van der Waals surface area (Å²) in [6.45, 7) is 8.77. The summed E-state index contributed by atoms with van der Waals surface area (Å²) in [6, 6.07) is 7.47. The molecule has 1 amide bonds. The van der Waals surface area contributed by atoms with Gasteiger partial charge in [-0.25, -0.2) is 0 Å². The minimum atomic E-state index is -0.148. The Morgan fingerprint density at radius 3 is 2.60 bits per heavy atom. The molecule has 0 atom stereocenters. The molecule has 1 aliphatic rings. The Bertz CT molecular complexity index is 468. The highest BCUT2D eigenvalue weighted by Gasteiger charge is 2.28. The molecule has 74 valence electrons. The molecule has 1 heterocycles. The van der Waals surface area contributed by atoms with Crippen LogP contribution in [0, 0.1) is 13.5 Å². The predicted molar refractivity (Wildman–Crippen MR) is 57.3 cm³/mol. The third-order valence-electron chi connectivity index (χ3n) is 2.17. The Balaban J connectivity index is 2.33. The van der Waals surface area contributed by atoms with Crippen molar-refractivity contribution in [2.75, 3.05) is 5.01 Å². The first-order chi connectivity index (χ1) is 7.20. The van der Waals surface area contributed by atoms with Crippen LogP contribution in [0.4, 0.5) is 5.69 Å². The average molecular weight is 199 g/mol. The van der Waals surface area contributed by atoms with Crippen LogP contribution in [0.2, 0.25) is 0 Å². The normalized spacial score (nSPS) is 15.1. The van der Waals surface area contributed by atoms with Crippen molar-refractivity contribution in [1.82, 2.24) is 0 Å². The third kappa shape index (κ3) is 1.72. The number of rotatable bonds is 1. The Kier molecular flexibility index (Phi) is 2.22. The van der Waals surface area contributed by atoms with Crippen LogP contribution in [0.15, 0.2) is 29.4 Å². The monoisotopic (exact) mass is 199 g/mol. The SMILES string of the molecule is [C-]#[N+]C1=NN(c2ccc(C)cc2)C(=O)C1. The quantitative estimate of drug-likeness (QED) is 0.637. The molecule has 0 saturated heterocycles. The van der Waals surface area contributed by atoms with Crippen LogP contribution in [0.3, 0.4) is 0 Å². The van der Waals surface area contributed by atoms with Crippen molar-refractivity contribution in [3.8, 4) is 0 Å². The Morgan fingerprint density at radius 1 is 1.40 bits per heavy atom. The average Bonchev–Trinajstić information content (AvgIpc) is 2.61. The van der Waals surface area contributed by atoms with Crippen LogP contribution in [-0.2, 0) is 4.79 Å². The zero-order valence-electron chi connectivity index (χ0n) is 8.27. The molecule has 0 unspecified atom stereocenters. The van der Waals surface area contributed by atoms with Crippen LogP contribution >= 0.6 is 0 Å². The summed E-state index contributed by atoms with van der Waals surface area (Å²) in [5, 5.41) is 5.22. The van der Waals surface area contributed by atoms with Gasteiger partial charge in [0, 0.05) is 0 Å². The van der Waals surface area contributed by atoms with Crippen molar-refractivity contribution in [3.05, 3.63) is 41.2 Å². The van der Waals surface area contributed by atoms with Crippen molar-refractivity contribution >= 4 is 17.4 Å². The second-order valence-electron chi connectivity index (χ2n) is 3.35. The molecule has 0 fully saturated rings. The Morgan fingerprint density at radius 2 is 2.07 bits per heavy atom. The van der Waals surface area contributed by atoms with Gasteiger partial charge >= 0.3 is 0 Å². The van der Waals surface area contributed by atoms with Gasteiger partial charge in [0.05, 0.1) is 12.1 Å². The zero-order valence-corrected chi connectivity index (χ0v) is 8.27. The van der Waals surface area contributed by atoms with Gasteiger partial charge in [0.1, 0.15) is 0 Å². The van der Waals surface area contributed by atoms with Crippen LogP contribution < -0.4 is 5.01 Å². The summed E-state index contributed by atoms with van der Waals surface area (Å²) in [6.07, 6.45) is 0.109. The molecule has 0 saturated carbocycles. The van der Waals surface area contributed by atoms with E-state index in [0.29, 0.717) is 5.69 Å². The highest BCUT2D eigenvalue weighted by molar-refractivity contribution is 6.15.